The minimum Gasteiger partial charge on any atom is -1.00 e. The second-order valence-corrected chi connectivity index (χ2v) is 7.35. The van der Waals surface area contributed by atoms with Crippen molar-refractivity contribution in [2.24, 2.45) is 11.8 Å². The van der Waals surface area contributed by atoms with Crippen LogP contribution in [0.1, 0.15) is 30.0 Å². The zero-order chi connectivity index (χ0) is 15.3. The van der Waals surface area contributed by atoms with Gasteiger partial charge in [-0.25, -0.2) is 0 Å². The molecule has 1 aliphatic carbocycles. The molecule has 4 rings (SSSR count). The minimum atomic E-state index is 0. The van der Waals surface area contributed by atoms with Crippen LogP contribution in [0.25, 0.3) is 0 Å². The number of benzene rings is 1. The van der Waals surface area contributed by atoms with E-state index in [1.54, 1.807) is 14.2 Å². The smallest absolute Gasteiger partial charge is 0.161 e. The molecule has 0 amide bonds. The van der Waals surface area contributed by atoms with Gasteiger partial charge in [-0.3, -0.25) is 0 Å². The zero-order valence-corrected chi connectivity index (χ0v) is 16.4. The predicted octanol–water partition coefficient (Wildman–Crippen LogP) is 0.348. The number of rotatable bonds is 2. The summed E-state index contributed by atoms with van der Waals surface area (Å²) < 4.78 is 12.3. The number of allylic oxidation sites excluding steroid dienone is 2. The molecule has 0 aromatic heterocycles. The molecule has 0 radical (unpaired) electrons. The van der Waals surface area contributed by atoms with E-state index in [1.165, 1.54) is 41.5 Å². The average Bonchev–Trinajstić information content (AvgIpc) is 2.85. The van der Waals surface area contributed by atoms with E-state index in [2.05, 4.69) is 31.3 Å². The largest absolute Gasteiger partial charge is 1.00 e. The molecule has 3 nitrogen and oxygen atoms in total. The van der Waals surface area contributed by atoms with E-state index in [0.717, 1.165) is 29.8 Å². The Kier molecular flexibility index (Phi) is 4.67. The normalized spacial score (nSPS) is 34.0. The minimum absolute atomic E-state index is 0. The van der Waals surface area contributed by atoms with Crippen molar-refractivity contribution in [3.8, 4) is 11.5 Å². The van der Waals surface area contributed by atoms with E-state index in [-0.39, 0.29) is 24.0 Å². The van der Waals surface area contributed by atoms with Crippen LogP contribution in [0.4, 0.5) is 0 Å². The van der Waals surface area contributed by atoms with Gasteiger partial charge in [-0.1, -0.05) is 12.2 Å². The first kappa shape index (κ1) is 17.1. The van der Waals surface area contributed by atoms with Crippen LogP contribution in [-0.2, 0) is 6.42 Å². The molecule has 0 bridgehead atoms. The van der Waals surface area contributed by atoms with Gasteiger partial charge in [-0.2, -0.15) is 0 Å². The lowest BCUT2D eigenvalue weighted by Gasteiger charge is -2.42. The third-order valence-electron chi connectivity index (χ3n) is 6.20. The summed E-state index contributed by atoms with van der Waals surface area (Å²) in [6, 6.07) is 5.09. The Labute approximate surface area is 156 Å². The van der Waals surface area contributed by atoms with E-state index >= 15 is 0 Å². The molecule has 1 fully saturated rings. The van der Waals surface area contributed by atoms with Crippen molar-refractivity contribution in [2.75, 3.05) is 34.4 Å². The molecule has 4 atom stereocenters. The van der Waals surface area contributed by atoms with Gasteiger partial charge in [-0.15, -0.1) is 0 Å². The van der Waals surface area contributed by atoms with Crippen molar-refractivity contribution >= 4 is 0 Å². The van der Waals surface area contributed by atoms with Crippen LogP contribution in [-0.4, -0.2) is 38.8 Å². The molecule has 0 spiro atoms. The van der Waals surface area contributed by atoms with E-state index in [4.69, 9.17) is 9.47 Å². The number of methoxy groups -OCH3 is 2. The fourth-order valence-corrected chi connectivity index (χ4v) is 5.20. The molecule has 1 aromatic carbocycles. The maximum absolute atomic E-state index is 5.57. The molecule has 0 N–H and O–H groups in total. The van der Waals surface area contributed by atoms with E-state index in [0.29, 0.717) is 6.04 Å². The fourth-order valence-electron chi connectivity index (χ4n) is 5.20. The highest BCUT2D eigenvalue weighted by Gasteiger charge is 2.54. The molecule has 2 heterocycles. The second-order valence-electron chi connectivity index (χ2n) is 7.35. The molecular formula is C19H26INO2. The standard InChI is InChI=1S/C19H26NO2.HI/c1-20-9-8-13-10-17(21-2)18(22-3)11-16(13)19(20)15-7-5-4-6-14(15)12-20;/h4-5,10-11,14-15,19H,6-9,12H2,1-3H3;1H/q+1;/p-1. The van der Waals surface area contributed by atoms with Crippen LogP contribution >= 0.6 is 0 Å². The molecule has 4 heteroatoms. The Bertz CT molecular complexity index is 630. The van der Waals surface area contributed by atoms with Crippen molar-refractivity contribution in [3.05, 3.63) is 35.4 Å². The Balaban J connectivity index is 0.00000156. The monoisotopic (exact) mass is 427 g/mol. The SMILES string of the molecule is COc1cc2c(cc1OC)C1C3CC=CCC3C[N+]1(C)CC2.[I-]. The van der Waals surface area contributed by atoms with Crippen molar-refractivity contribution in [1.29, 1.82) is 0 Å². The lowest BCUT2D eigenvalue weighted by molar-refractivity contribution is -0.931. The Morgan fingerprint density at radius 2 is 1.74 bits per heavy atom. The summed E-state index contributed by atoms with van der Waals surface area (Å²) in [6.45, 7) is 2.58. The Morgan fingerprint density at radius 1 is 1.04 bits per heavy atom. The van der Waals surface area contributed by atoms with E-state index in [1.807, 2.05) is 0 Å². The highest BCUT2D eigenvalue weighted by Crippen LogP contribution is 2.53. The third-order valence-corrected chi connectivity index (χ3v) is 6.20. The lowest BCUT2D eigenvalue weighted by Crippen LogP contribution is -3.00. The molecule has 3 aliphatic rings. The van der Waals surface area contributed by atoms with Crippen LogP contribution in [0.3, 0.4) is 0 Å². The Hall–Kier alpha value is -0.750. The quantitative estimate of drug-likeness (QED) is 0.386. The van der Waals surface area contributed by atoms with E-state index in [9.17, 15) is 0 Å². The summed E-state index contributed by atoms with van der Waals surface area (Å²) in [6.07, 6.45) is 8.43. The van der Waals surface area contributed by atoms with Crippen LogP contribution in [0.5, 0.6) is 11.5 Å². The van der Waals surface area contributed by atoms with Gasteiger partial charge in [0.1, 0.15) is 6.04 Å². The van der Waals surface area contributed by atoms with Crippen LogP contribution in [0, 0.1) is 11.8 Å². The molecule has 1 aromatic rings. The van der Waals surface area contributed by atoms with Gasteiger partial charge >= 0.3 is 0 Å². The van der Waals surface area contributed by atoms with E-state index < -0.39 is 0 Å². The molecular weight excluding hydrogens is 401 g/mol. The number of halogens is 1. The number of fused-ring (bicyclic) bond motifs is 5. The summed E-state index contributed by atoms with van der Waals surface area (Å²) in [7, 11) is 5.93. The van der Waals surface area contributed by atoms with Crippen LogP contribution < -0.4 is 33.5 Å². The maximum Gasteiger partial charge on any atom is 0.161 e. The molecule has 23 heavy (non-hydrogen) atoms. The second kappa shape index (κ2) is 6.28. The van der Waals surface area contributed by atoms with Crippen molar-refractivity contribution in [3.63, 3.8) is 0 Å². The molecule has 126 valence electrons. The van der Waals surface area contributed by atoms with Crippen LogP contribution in [0.2, 0.25) is 0 Å². The maximum atomic E-state index is 5.57. The lowest BCUT2D eigenvalue weighted by atomic mass is 9.77. The van der Waals surface area contributed by atoms with Crippen LogP contribution in [0.15, 0.2) is 24.3 Å². The average molecular weight is 427 g/mol. The van der Waals surface area contributed by atoms with Crippen molar-refractivity contribution < 1.29 is 37.9 Å². The van der Waals surface area contributed by atoms with Gasteiger partial charge in [0, 0.05) is 23.8 Å². The summed E-state index contributed by atoms with van der Waals surface area (Å²) in [5.41, 5.74) is 2.97. The molecule has 2 aliphatic heterocycles. The predicted molar refractivity (Wildman–Crippen MR) is 87.3 cm³/mol. The topological polar surface area (TPSA) is 18.5 Å². The number of quaternary nitrogens is 1. The van der Waals surface area contributed by atoms with Gasteiger partial charge in [-0.05, 0) is 30.5 Å². The Morgan fingerprint density at radius 3 is 2.48 bits per heavy atom. The number of hydrogen-bond acceptors (Lipinski definition) is 2. The zero-order valence-electron chi connectivity index (χ0n) is 14.2. The number of hydrogen-bond donors (Lipinski definition) is 0. The summed E-state index contributed by atoms with van der Waals surface area (Å²) >= 11 is 0. The first-order valence-electron chi connectivity index (χ1n) is 8.40. The summed E-state index contributed by atoms with van der Waals surface area (Å²) in [5, 5.41) is 0. The van der Waals surface area contributed by atoms with Gasteiger partial charge in [0.25, 0.3) is 0 Å². The van der Waals surface area contributed by atoms with Gasteiger partial charge in [0.2, 0.25) is 0 Å². The first-order valence-corrected chi connectivity index (χ1v) is 8.40. The number of ether oxygens (including phenoxy) is 2. The van der Waals surface area contributed by atoms with Crippen molar-refractivity contribution in [1.82, 2.24) is 0 Å². The number of likely N-dealkylation sites (N-methyl/N-ethyl adjacent to an activating group) is 1. The van der Waals surface area contributed by atoms with Gasteiger partial charge < -0.3 is 37.9 Å². The molecule has 1 saturated heterocycles. The molecule has 4 unspecified atom stereocenters. The highest BCUT2D eigenvalue weighted by atomic mass is 127. The van der Waals surface area contributed by atoms with Gasteiger partial charge in [0.05, 0.1) is 34.4 Å². The number of nitrogens with zero attached hydrogens (tertiary/aromatic N) is 1. The molecule has 0 saturated carbocycles. The fraction of sp³-hybridized carbons (Fsp3) is 0.579. The highest BCUT2D eigenvalue weighted by molar-refractivity contribution is 5.49. The summed E-state index contributed by atoms with van der Waals surface area (Å²) in [4.78, 5) is 0. The first-order chi connectivity index (χ1) is 10.7. The third kappa shape index (κ3) is 2.58. The van der Waals surface area contributed by atoms with Gasteiger partial charge in [0.15, 0.2) is 11.5 Å². The van der Waals surface area contributed by atoms with Crippen molar-refractivity contribution in [2.45, 2.75) is 25.3 Å². The summed E-state index contributed by atoms with van der Waals surface area (Å²) in [5.74, 6) is 3.38.